The van der Waals surface area contributed by atoms with Gasteiger partial charge < -0.3 is 10.5 Å². The molecule has 2 unspecified atom stereocenters. The zero-order valence-corrected chi connectivity index (χ0v) is 10.5. The SMILES string of the molecule is CC1CN(C(CN)Cc2ccccc2)CCO1. The summed E-state index contributed by atoms with van der Waals surface area (Å²) in [6, 6.07) is 11.0. The van der Waals surface area contributed by atoms with E-state index in [2.05, 4.69) is 42.2 Å². The van der Waals surface area contributed by atoms with Crippen LogP contribution in [0.4, 0.5) is 0 Å². The summed E-state index contributed by atoms with van der Waals surface area (Å²) in [4.78, 5) is 2.46. The fourth-order valence-electron chi connectivity index (χ4n) is 2.42. The van der Waals surface area contributed by atoms with Crippen LogP contribution < -0.4 is 5.73 Å². The van der Waals surface area contributed by atoms with Crippen LogP contribution in [-0.2, 0) is 11.2 Å². The maximum atomic E-state index is 5.91. The highest BCUT2D eigenvalue weighted by Crippen LogP contribution is 2.12. The minimum atomic E-state index is 0.327. The van der Waals surface area contributed by atoms with E-state index in [-0.39, 0.29) is 0 Å². The van der Waals surface area contributed by atoms with E-state index in [0.717, 1.165) is 26.1 Å². The van der Waals surface area contributed by atoms with Crippen LogP contribution in [0.25, 0.3) is 0 Å². The number of nitrogens with zero attached hydrogens (tertiary/aromatic N) is 1. The molecule has 0 spiro atoms. The van der Waals surface area contributed by atoms with E-state index in [4.69, 9.17) is 10.5 Å². The van der Waals surface area contributed by atoms with Crippen LogP contribution in [0.3, 0.4) is 0 Å². The van der Waals surface area contributed by atoms with Gasteiger partial charge in [0.25, 0.3) is 0 Å². The molecule has 1 aromatic rings. The average Bonchev–Trinajstić information content (AvgIpc) is 2.37. The summed E-state index contributed by atoms with van der Waals surface area (Å²) in [7, 11) is 0. The molecule has 3 nitrogen and oxygen atoms in total. The minimum Gasteiger partial charge on any atom is -0.376 e. The van der Waals surface area contributed by atoms with Gasteiger partial charge in [0, 0.05) is 25.7 Å². The molecular weight excluding hydrogens is 212 g/mol. The fourth-order valence-corrected chi connectivity index (χ4v) is 2.42. The summed E-state index contributed by atoms with van der Waals surface area (Å²) in [5.41, 5.74) is 7.28. The molecule has 3 heteroatoms. The van der Waals surface area contributed by atoms with E-state index in [1.165, 1.54) is 5.56 Å². The van der Waals surface area contributed by atoms with E-state index in [0.29, 0.717) is 18.7 Å². The van der Waals surface area contributed by atoms with Gasteiger partial charge in [-0.3, -0.25) is 4.90 Å². The third-order valence-electron chi connectivity index (χ3n) is 3.38. The number of morpholine rings is 1. The molecule has 0 aromatic heterocycles. The Morgan fingerprint density at radius 3 is 2.82 bits per heavy atom. The number of benzene rings is 1. The number of nitrogens with two attached hydrogens (primary N) is 1. The highest BCUT2D eigenvalue weighted by Gasteiger charge is 2.23. The van der Waals surface area contributed by atoms with E-state index < -0.39 is 0 Å². The van der Waals surface area contributed by atoms with Crippen molar-refractivity contribution in [1.82, 2.24) is 4.90 Å². The lowest BCUT2D eigenvalue weighted by molar-refractivity contribution is -0.0326. The van der Waals surface area contributed by atoms with Crippen molar-refractivity contribution in [3.63, 3.8) is 0 Å². The Morgan fingerprint density at radius 1 is 1.41 bits per heavy atom. The van der Waals surface area contributed by atoms with Gasteiger partial charge in [-0.1, -0.05) is 30.3 Å². The molecule has 1 heterocycles. The second-order valence-electron chi connectivity index (χ2n) is 4.76. The second kappa shape index (κ2) is 6.15. The third kappa shape index (κ3) is 3.53. The van der Waals surface area contributed by atoms with Crippen molar-refractivity contribution in [2.45, 2.75) is 25.5 Å². The summed E-state index contributed by atoms with van der Waals surface area (Å²) in [5.74, 6) is 0. The van der Waals surface area contributed by atoms with Crippen molar-refractivity contribution in [2.24, 2.45) is 5.73 Å². The Bertz CT molecular complexity index is 328. The molecule has 2 atom stereocenters. The Kier molecular flexibility index (Phi) is 4.54. The summed E-state index contributed by atoms with van der Waals surface area (Å²) in [5, 5.41) is 0. The van der Waals surface area contributed by atoms with Crippen LogP contribution in [0, 0.1) is 0 Å². The van der Waals surface area contributed by atoms with Crippen LogP contribution in [0.2, 0.25) is 0 Å². The molecule has 1 aromatic carbocycles. The molecule has 17 heavy (non-hydrogen) atoms. The van der Waals surface area contributed by atoms with Crippen LogP contribution in [-0.4, -0.2) is 43.3 Å². The molecule has 2 N–H and O–H groups in total. The standard InChI is InChI=1S/C14H22N2O/c1-12-11-16(7-8-17-12)14(10-15)9-13-5-3-2-4-6-13/h2-6,12,14H,7-11,15H2,1H3. The van der Waals surface area contributed by atoms with Gasteiger partial charge in [-0.15, -0.1) is 0 Å². The van der Waals surface area contributed by atoms with Crippen LogP contribution in [0.15, 0.2) is 30.3 Å². The Balaban J connectivity index is 1.96. The second-order valence-corrected chi connectivity index (χ2v) is 4.76. The topological polar surface area (TPSA) is 38.5 Å². The smallest absolute Gasteiger partial charge is 0.0674 e. The number of hydrogen-bond acceptors (Lipinski definition) is 3. The largest absolute Gasteiger partial charge is 0.376 e. The first-order chi connectivity index (χ1) is 8.29. The summed E-state index contributed by atoms with van der Waals surface area (Å²) in [6.45, 7) is 5.66. The molecular formula is C14H22N2O. The van der Waals surface area contributed by atoms with Crippen molar-refractivity contribution < 1.29 is 4.74 Å². The van der Waals surface area contributed by atoms with Crippen molar-refractivity contribution >= 4 is 0 Å². The zero-order chi connectivity index (χ0) is 12.1. The predicted octanol–water partition coefficient (Wildman–Crippen LogP) is 1.28. The van der Waals surface area contributed by atoms with Gasteiger partial charge >= 0.3 is 0 Å². The molecule has 0 aliphatic carbocycles. The highest BCUT2D eigenvalue weighted by atomic mass is 16.5. The molecule has 2 rings (SSSR count). The monoisotopic (exact) mass is 234 g/mol. The third-order valence-corrected chi connectivity index (χ3v) is 3.38. The van der Waals surface area contributed by atoms with Crippen molar-refractivity contribution in [1.29, 1.82) is 0 Å². The summed E-state index contributed by atoms with van der Waals surface area (Å²) in [6.07, 6.45) is 1.36. The van der Waals surface area contributed by atoms with Gasteiger partial charge in [0.05, 0.1) is 12.7 Å². The molecule has 1 aliphatic rings. The van der Waals surface area contributed by atoms with Gasteiger partial charge in [0.1, 0.15) is 0 Å². The van der Waals surface area contributed by atoms with Gasteiger partial charge in [-0.2, -0.15) is 0 Å². The number of rotatable bonds is 4. The van der Waals surface area contributed by atoms with E-state index in [1.807, 2.05) is 0 Å². The molecule has 0 saturated carbocycles. The van der Waals surface area contributed by atoms with Crippen molar-refractivity contribution in [2.75, 3.05) is 26.2 Å². The average molecular weight is 234 g/mol. The summed E-state index contributed by atoms with van der Waals surface area (Å²) < 4.78 is 5.57. The highest BCUT2D eigenvalue weighted by molar-refractivity contribution is 5.16. The first-order valence-electron chi connectivity index (χ1n) is 6.39. The van der Waals surface area contributed by atoms with Crippen LogP contribution >= 0.6 is 0 Å². The quantitative estimate of drug-likeness (QED) is 0.853. The number of ether oxygens (including phenoxy) is 1. The Hall–Kier alpha value is -0.900. The predicted molar refractivity (Wildman–Crippen MR) is 70.0 cm³/mol. The molecule has 1 aliphatic heterocycles. The number of hydrogen-bond donors (Lipinski definition) is 1. The van der Waals surface area contributed by atoms with Crippen LogP contribution in [0.1, 0.15) is 12.5 Å². The van der Waals surface area contributed by atoms with E-state index in [1.54, 1.807) is 0 Å². The van der Waals surface area contributed by atoms with Gasteiger partial charge in [-0.25, -0.2) is 0 Å². The fraction of sp³-hybridized carbons (Fsp3) is 0.571. The van der Waals surface area contributed by atoms with Gasteiger partial charge in [-0.05, 0) is 18.9 Å². The lowest BCUT2D eigenvalue weighted by atomic mass is 10.0. The van der Waals surface area contributed by atoms with E-state index in [9.17, 15) is 0 Å². The maximum Gasteiger partial charge on any atom is 0.0674 e. The van der Waals surface area contributed by atoms with Gasteiger partial charge in [0.15, 0.2) is 0 Å². The zero-order valence-electron chi connectivity index (χ0n) is 10.5. The van der Waals surface area contributed by atoms with Crippen LogP contribution in [0.5, 0.6) is 0 Å². The lowest BCUT2D eigenvalue weighted by Crippen LogP contribution is -2.50. The van der Waals surface area contributed by atoms with Crippen molar-refractivity contribution in [3.05, 3.63) is 35.9 Å². The first kappa shape index (κ1) is 12.6. The normalized spacial score (nSPS) is 23.5. The molecule has 0 radical (unpaired) electrons. The van der Waals surface area contributed by atoms with Crippen molar-refractivity contribution in [3.8, 4) is 0 Å². The van der Waals surface area contributed by atoms with E-state index >= 15 is 0 Å². The van der Waals surface area contributed by atoms with Gasteiger partial charge in [0.2, 0.25) is 0 Å². The molecule has 1 fully saturated rings. The maximum absolute atomic E-state index is 5.91. The molecule has 1 saturated heterocycles. The molecule has 0 amide bonds. The Labute approximate surface area is 104 Å². The summed E-state index contributed by atoms with van der Waals surface area (Å²) >= 11 is 0. The Morgan fingerprint density at radius 2 is 2.18 bits per heavy atom. The lowest BCUT2D eigenvalue weighted by Gasteiger charge is -2.36. The molecule has 0 bridgehead atoms. The first-order valence-corrected chi connectivity index (χ1v) is 6.39. The minimum absolute atomic E-state index is 0.327. The molecule has 94 valence electrons.